The van der Waals surface area contributed by atoms with Crippen molar-refractivity contribution in [2.45, 2.75) is 0 Å². The molecule has 0 fully saturated rings. The smallest absolute Gasteiger partial charge is 0.422 e. The van der Waals surface area contributed by atoms with Crippen LogP contribution in [0.2, 0.25) is 0 Å². The molecule has 0 radical (unpaired) electrons. The molecule has 1 aromatic carbocycles. The second-order valence-electron chi connectivity index (χ2n) is 3.01. The zero-order valence-corrected chi connectivity index (χ0v) is 7.23. The number of hydrogen-bond donors (Lipinski definition) is 3. The first-order valence-corrected chi connectivity index (χ1v) is 4.09. The molecule has 4 nitrogen and oxygen atoms in total. The third kappa shape index (κ3) is 1.37. The van der Waals surface area contributed by atoms with E-state index in [4.69, 9.17) is 15.3 Å². The first-order valence-electron chi connectivity index (χ1n) is 4.09. The van der Waals surface area contributed by atoms with Gasteiger partial charge in [-0.3, -0.25) is 0 Å². The molecule has 0 aliphatic heterocycles. The molecule has 5 heteroatoms. The van der Waals surface area contributed by atoms with Crippen LogP contribution in [0.5, 0.6) is 0 Å². The maximum absolute atomic E-state index is 8.91. The SMILES string of the molecule is N#Cc1ccc2[nH]c(B(O)O)cc2c1. The second-order valence-corrected chi connectivity index (χ2v) is 3.01. The monoisotopic (exact) mass is 186 g/mol. The number of aromatic amines is 1. The minimum absolute atomic E-state index is 0.329. The van der Waals surface area contributed by atoms with Gasteiger partial charge in [-0.1, -0.05) is 0 Å². The lowest BCUT2D eigenvalue weighted by atomic mass is 9.86. The van der Waals surface area contributed by atoms with Crippen LogP contribution in [0.4, 0.5) is 0 Å². The van der Waals surface area contributed by atoms with Gasteiger partial charge in [-0.15, -0.1) is 0 Å². The van der Waals surface area contributed by atoms with E-state index in [9.17, 15) is 0 Å². The third-order valence-electron chi connectivity index (χ3n) is 2.05. The lowest BCUT2D eigenvalue weighted by Crippen LogP contribution is -2.30. The van der Waals surface area contributed by atoms with E-state index in [-0.39, 0.29) is 0 Å². The van der Waals surface area contributed by atoms with E-state index < -0.39 is 7.12 Å². The van der Waals surface area contributed by atoms with Crippen LogP contribution >= 0.6 is 0 Å². The molecule has 0 amide bonds. The van der Waals surface area contributed by atoms with Crippen LogP contribution < -0.4 is 5.59 Å². The topological polar surface area (TPSA) is 80.0 Å². The van der Waals surface area contributed by atoms with Crippen molar-refractivity contribution in [3.05, 3.63) is 29.8 Å². The van der Waals surface area contributed by atoms with Gasteiger partial charge in [0.05, 0.1) is 11.6 Å². The lowest BCUT2D eigenvalue weighted by molar-refractivity contribution is 0.424. The standard InChI is InChI=1S/C9H7BN2O2/c11-5-6-1-2-8-7(3-6)4-9(12-8)10(13)14/h1-4,12-14H. The van der Waals surface area contributed by atoms with Crippen molar-refractivity contribution in [1.82, 2.24) is 4.98 Å². The van der Waals surface area contributed by atoms with E-state index in [1.54, 1.807) is 24.3 Å². The van der Waals surface area contributed by atoms with E-state index in [2.05, 4.69) is 4.98 Å². The predicted molar refractivity (Wildman–Crippen MR) is 52.8 cm³/mol. The molecule has 0 atom stereocenters. The van der Waals surface area contributed by atoms with Gasteiger partial charge in [0.25, 0.3) is 0 Å². The quantitative estimate of drug-likeness (QED) is 0.535. The van der Waals surface area contributed by atoms with Gasteiger partial charge in [0.15, 0.2) is 0 Å². The summed E-state index contributed by atoms with van der Waals surface area (Å²) in [5, 5.41) is 27.3. The number of aromatic nitrogens is 1. The van der Waals surface area contributed by atoms with Crippen molar-refractivity contribution in [2.24, 2.45) is 0 Å². The maximum Gasteiger partial charge on any atom is 0.505 e. The van der Waals surface area contributed by atoms with Gasteiger partial charge in [-0.2, -0.15) is 5.26 Å². The van der Waals surface area contributed by atoms with Crippen LogP contribution in [-0.2, 0) is 0 Å². The summed E-state index contributed by atoms with van der Waals surface area (Å²) in [6, 6.07) is 8.73. The van der Waals surface area contributed by atoms with Crippen LogP contribution in [-0.4, -0.2) is 22.2 Å². The number of fused-ring (bicyclic) bond motifs is 1. The lowest BCUT2D eigenvalue weighted by Gasteiger charge is -1.90. The number of nitrogens with one attached hydrogen (secondary N) is 1. The van der Waals surface area contributed by atoms with Crippen LogP contribution in [0.25, 0.3) is 10.9 Å². The molecule has 68 valence electrons. The van der Waals surface area contributed by atoms with Crippen LogP contribution in [0, 0.1) is 11.3 Å². The molecular formula is C9H7BN2O2. The maximum atomic E-state index is 8.91. The summed E-state index contributed by atoms with van der Waals surface area (Å²) in [4.78, 5) is 2.84. The van der Waals surface area contributed by atoms with Gasteiger partial charge in [-0.05, 0) is 24.3 Å². The van der Waals surface area contributed by atoms with E-state index in [1.165, 1.54) is 0 Å². The number of hydrogen-bond acceptors (Lipinski definition) is 3. The second kappa shape index (κ2) is 3.18. The summed E-state index contributed by atoms with van der Waals surface area (Å²) in [7, 11) is -1.51. The molecule has 0 saturated carbocycles. The molecule has 0 bridgehead atoms. The van der Waals surface area contributed by atoms with Crippen LogP contribution in [0.15, 0.2) is 24.3 Å². The van der Waals surface area contributed by atoms with Crippen molar-refractivity contribution in [3.63, 3.8) is 0 Å². The number of nitrogens with zero attached hydrogens (tertiary/aromatic N) is 1. The Morgan fingerprint density at radius 1 is 1.29 bits per heavy atom. The van der Waals surface area contributed by atoms with E-state index in [1.807, 2.05) is 6.07 Å². The number of benzene rings is 1. The van der Waals surface area contributed by atoms with Gasteiger partial charge >= 0.3 is 7.12 Å². The Bertz CT molecular complexity index is 513. The number of rotatable bonds is 1. The van der Waals surface area contributed by atoms with E-state index >= 15 is 0 Å². The summed E-state index contributed by atoms with van der Waals surface area (Å²) < 4.78 is 0. The number of H-pyrrole nitrogens is 1. The Balaban J connectivity index is 2.61. The Morgan fingerprint density at radius 3 is 2.71 bits per heavy atom. The van der Waals surface area contributed by atoms with Gasteiger partial charge in [0.1, 0.15) is 0 Å². The highest BCUT2D eigenvalue weighted by atomic mass is 16.4. The Labute approximate surface area is 80.6 Å². The average Bonchev–Trinajstić information content (AvgIpc) is 2.59. The molecule has 0 saturated heterocycles. The van der Waals surface area contributed by atoms with Gasteiger partial charge < -0.3 is 15.0 Å². The summed E-state index contributed by atoms with van der Waals surface area (Å²) in [6.45, 7) is 0. The number of nitriles is 1. The van der Waals surface area contributed by atoms with Crippen molar-refractivity contribution in [1.29, 1.82) is 5.26 Å². The summed E-state index contributed by atoms with van der Waals surface area (Å²) in [5.74, 6) is 0. The van der Waals surface area contributed by atoms with Gasteiger partial charge in [-0.25, -0.2) is 0 Å². The molecule has 0 unspecified atom stereocenters. The normalized spacial score (nSPS) is 10.1. The highest BCUT2D eigenvalue weighted by Gasteiger charge is 2.13. The third-order valence-corrected chi connectivity index (χ3v) is 2.05. The summed E-state index contributed by atoms with van der Waals surface area (Å²) >= 11 is 0. The highest BCUT2D eigenvalue weighted by molar-refractivity contribution is 6.58. The molecule has 1 heterocycles. The van der Waals surface area contributed by atoms with Crippen molar-refractivity contribution in [2.75, 3.05) is 0 Å². The molecule has 14 heavy (non-hydrogen) atoms. The fourth-order valence-corrected chi connectivity index (χ4v) is 1.36. The molecule has 0 aliphatic rings. The van der Waals surface area contributed by atoms with Gasteiger partial charge in [0, 0.05) is 16.5 Å². The van der Waals surface area contributed by atoms with E-state index in [0.29, 0.717) is 11.2 Å². The first kappa shape index (κ1) is 8.82. The van der Waals surface area contributed by atoms with Crippen LogP contribution in [0.3, 0.4) is 0 Å². The van der Waals surface area contributed by atoms with Crippen molar-refractivity contribution < 1.29 is 10.0 Å². The zero-order chi connectivity index (χ0) is 10.1. The molecule has 0 aliphatic carbocycles. The van der Waals surface area contributed by atoms with Crippen molar-refractivity contribution in [3.8, 4) is 6.07 Å². The molecule has 2 aromatic rings. The molecule has 0 spiro atoms. The molecule has 2 rings (SSSR count). The van der Waals surface area contributed by atoms with Crippen LogP contribution in [0.1, 0.15) is 5.56 Å². The fourth-order valence-electron chi connectivity index (χ4n) is 1.36. The zero-order valence-electron chi connectivity index (χ0n) is 7.23. The first-order chi connectivity index (χ1) is 6.70. The van der Waals surface area contributed by atoms with Crippen molar-refractivity contribution >= 4 is 23.6 Å². The predicted octanol–water partition coefficient (Wildman–Crippen LogP) is -0.281. The average molecular weight is 186 g/mol. The Kier molecular flexibility index (Phi) is 2.00. The van der Waals surface area contributed by atoms with E-state index in [0.717, 1.165) is 10.9 Å². The molecule has 3 N–H and O–H groups in total. The minimum Gasteiger partial charge on any atom is -0.422 e. The highest BCUT2D eigenvalue weighted by Crippen LogP contribution is 2.12. The summed E-state index contributed by atoms with van der Waals surface area (Å²) in [6.07, 6.45) is 0. The Morgan fingerprint density at radius 2 is 2.07 bits per heavy atom. The molecular weight excluding hydrogens is 179 g/mol. The fraction of sp³-hybridized carbons (Fsp3) is 0. The van der Waals surface area contributed by atoms with Gasteiger partial charge in [0.2, 0.25) is 0 Å². The minimum atomic E-state index is -1.51. The largest absolute Gasteiger partial charge is 0.505 e. The molecule has 1 aromatic heterocycles. The summed E-state index contributed by atoms with van der Waals surface area (Å²) in [5.41, 5.74) is 1.66. The Hall–Kier alpha value is -1.77.